The number of hydrogen-bond acceptors (Lipinski definition) is 3. The first-order valence-corrected chi connectivity index (χ1v) is 4.95. The van der Waals surface area contributed by atoms with Crippen molar-refractivity contribution in [3.05, 3.63) is 24.5 Å². The second-order valence-electron chi connectivity index (χ2n) is 3.90. The Morgan fingerprint density at radius 3 is 2.86 bits per heavy atom. The molecule has 0 aromatic rings. The standard InChI is InChI=1S/C11H16O3/c1-7(2)8(3)13-10-5-4-9-6-12-11(10)14-9/h9-11H,1,3-6H2,2H3. The lowest BCUT2D eigenvalue weighted by molar-refractivity contribution is -0.158. The highest BCUT2D eigenvalue weighted by molar-refractivity contribution is 5.16. The van der Waals surface area contributed by atoms with E-state index in [1.807, 2.05) is 6.92 Å². The summed E-state index contributed by atoms with van der Waals surface area (Å²) in [5, 5.41) is 0. The van der Waals surface area contributed by atoms with Crippen molar-refractivity contribution in [3.63, 3.8) is 0 Å². The largest absolute Gasteiger partial charge is 0.485 e. The Morgan fingerprint density at radius 2 is 2.14 bits per heavy atom. The second kappa shape index (κ2) is 3.75. The molecule has 2 bridgehead atoms. The number of allylic oxidation sites excluding steroid dienone is 1. The summed E-state index contributed by atoms with van der Waals surface area (Å²) in [6.07, 6.45) is 2.03. The Balaban J connectivity index is 1.92. The van der Waals surface area contributed by atoms with Gasteiger partial charge in [-0.05, 0) is 25.3 Å². The van der Waals surface area contributed by atoms with Crippen LogP contribution in [0.15, 0.2) is 24.5 Å². The first kappa shape index (κ1) is 9.74. The zero-order chi connectivity index (χ0) is 10.1. The first-order chi connectivity index (χ1) is 6.66. The van der Waals surface area contributed by atoms with Crippen molar-refractivity contribution in [2.75, 3.05) is 6.61 Å². The lowest BCUT2D eigenvalue weighted by Gasteiger charge is -2.28. The van der Waals surface area contributed by atoms with Gasteiger partial charge in [-0.15, -0.1) is 0 Å². The maximum Gasteiger partial charge on any atom is 0.195 e. The van der Waals surface area contributed by atoms with E-state index < -0.39 is 0 Å². The lowest BCUT2D eigenvalue weighted by atomic mass is 10.1. The number of hydrogen-bond donors (Lipinski definition) is 0. The van der Waals surface area contributed by atoms with E-state index in [1.54, 1.807) is 0 Å². The summed E-state index contributed by atoms with van der Waals surface area (Å²) < 4.78 is 16.7. The van der Waals surface area contributed by atoms with Crippen LogP contribution in [0, 0.1) is 0 Å². The predicted molar refractivity (Wildman–Crippen MR) is 52.7 cm³/mol. The van der Waals surface area contributed by atoms with Gasteiger partial charge >= 0.3 is 0 Å². The third kappa shape index (κ3) is 1.83. The Hall–Kier alpha value is -0.800. The molecule has 3 nitrogen and oxygen atoms in total. The van der Waals surface area contributed by atoms with E-state index in [9.17, 15) is 0 Å². The van der Waals surface area contributed by atoms with E-state index in [0.717, 1.165) is 18.4 Å². The van der Waals surface area contributed by atoms with Gasteiger partial charge < -0.3 is 14.2 Å². The Kier molecular flexibility index (Phi) is 2.61. The van der Waals surface area contributed by atoms with Gasteiger partial charge in [0.1, 0.15) is 11.9 Å². The van der Waals surface area contributed by atoms with Gasteiger partial charge in [0.05, 0.1) is 12.7 Å². The molecule has 2 rings (SSSR count). The van der Waals surface area contributed by atoms with Crippen molar-refractivity contribution in [2.45, 2.75) is 38.3 Å². The van der Waals surface area contributed by atoms with Crippen molar-refractivity contribution in [1.29, 1.82) is 0 Å². The normalized spacial score (nSPS) is 35.4. The van der Waals surface area contributed by atoms with Crippen LogP contribution in [-0.4, -0.2) is 25.1 Å². The van der Waals surface area contributed by atoms with Crippen molar-refractivity contribution >= 4 is 0 Å². The molecular weight excluding hydrogens is 180 g/mol. The van der Waals surface area contributed by atoms with Crippen molar-refractivity contribution in [1.82, 2.24) is 0 Å². The molecule has 2 aliphatic rings. The van der Waals surface area contributed by atoms with Crippen molar-refractivity contribution < 1.29 is 14.2 Å². The number of ether oxygens (including phenoxy) is 3. The average Bonchev–Trinajstić information content (AvgIpc) is 2.53. The summed E-state index contributed by atoms with van der Waals surface area (Å²) in [5.41, 5.74) is 0.852. The van der Waals surface area contributed by atoms with E-state index >= 15 is 0 Å². The molecule has 3 atom stereocenters. The van der Waals surface area contributed by atoms with Gasteiger partial charge in [0.15, 0.2) is 6.29 Å². The fraction of sp³-hybridized carbons (Fsp3) is 0.636. The molecule has 14 heavy (non-hydrogen) atoms. The maximum atomic E-state index is 5.64. The van der Waals surface area contributed by atoms with Crippen molar-refractivity contribution in [3.8, 4) is 0 Å². The topological polar surface area (TPSA) is 27.7 Å². The van der Waals surface area contributed by atoms with Crippen LogP contribution in [0.4, 0.5) is 0 Å². The SMILES string of the molecule is C=C(C)C(=C)OC1CCC2COC1O2. The van der Waals surface area contributed by atoms with Crippen LogP contribution >= 0.6 is 0 Å². The molecule has 0 aromatic heterocycles. The Bertz CT molecular complexity index is 259. The number of fused-ring (bicyclic) bond motifs is 2. The minimum Gasteiger partial charge on any atom is -0.485 e. The molecule has 0 radical (unpaired) electrons. The summed E-state index contributed by atoms with van der Waals surface area (Å²) in [7, 11) is 0. The van der Waals surface area contributed by atoms with Gasteiger partial charge in [0.25, 0.3) is 0 Å². The fourth-order valence-electron chi connectivity index (χ4n) is 1.70. The summed E-state index contributed by atoms with van der Waals surface area (Å²) in [6, 6.07) is 0. The molecule has 2 fully saturated rings. The summed E-state index contributed by atoms with van der Waals surface area (Å²) in [4.78, 5) is 0. The van der Waals surface area contributed by atoms with Crippen LogP contribution in [0.3, 0.4) is 0 Å². The van der Waals surface area contributed by atoms with Gasteiger partial charge in [0.2, 0.25) is 0 Å². The van der Waals surface area contributed by atoms with Crippen LogP contribution in [0.5, 0.6) is 0 Å². The molecule has 0 aliphatic carbocycles. The zero-order valence-corrected chi connectivity index (χ0v) is 8.49. The summed E-state index contributed by atoms with van der Waals surface area (Å²) in [5.74, 6) is 0.632. The molecule has 0 N–H and O–H groups in total. The van der Waals surface area contributed by atoms with Gasteiger partial charge in [-0.25, -0.2) is 0 Å². The second-order valence-corrected chi connectivity index (χ2v) is 3.90. The molecule has 2 heterocycles. The van der Waals surface area contributed by atoms with Crippen LogP contribution in [-0.2, 0) is 14.2 Å². The summed E-state index contributed by atoms with van der Waals surface area (Å²) in [6.45, 7) is 10.2. The van der Waals surface area contributed by atoms with Gasteiger partial charge in [-0.3, -0.25) is 0 Å². The zero-order valence-electron chi connectivity index (χ0n) is 8.49. The highest BCUT2D eigenvalue weighted by Crippen LogP contribution is 2.30. The molecular formula is C11H16O3. The van der Waals surface area contributed by atoms with Gasteiger partial charge in [-0.1, -0.05) is 13.2 Å². The molecule has 0 spiro atoms. The molecule has 0 saturated carbocycles. The van der Waals surface area contributed by atoms with Crippen LogP contribution in [0.2, 0.25) is 0 Å². The quantitative estimate of drug-likeness (QED) is 0.510. The molecule has 0 amide bonds. The minimum atomic E-state index is -0.204. The Labute approximate surface area is 84.3 Å². The third-order valence-corrected chi connectivity index (χ3v) is 2.62. The fourth-order valence-corrected chi connectivity index (χ4v) is 1.70. The van der Waals surface area contributed by atoms with E-state index in [2.05, 4.69) is 13.2 Å². The lowest BCUT2D eigenvalue weighted by Crippen LogP contribution is -2.34. The molecule has 3 unspecified atom stereocenters. The van der Waals surface area contributed by atoms with E-state index in [1.165, 1.54) is 0 Å². The Morgan fingerprint density at radius 1 is 1.36 bits per heavy atom. The monoisotopic (exact) mass is 196 g/mol. The average molecular weight is 196 g/mol. The van der Waals surface area contributed by atoms with E-state index in [-0.39, 0.29) is 18.5 Å². The third-order valence-electron chi connectivity index (χ3n) is 2.62. The minimum absolute atomic E-state index is 0.0158. The summed E-state index contributed by atoms with van der Waals surface area (Å²) >= 11 is 0. The number of rotatable bonds is 3. The van der Waals surface area contributed by atoms with Crippen LogP contribution in [0.25, 0.3) is 0 Å². The molecule has 2 saturated heterocycles. The van der Waals surface area contributed by atoms with E-state index in [0.29, 0.717) is 12.4 Å². The van der Waals surface area contributed by atoms with Crippen molar-refractivity contribution in [2.24, 2.45) is 0 Å². The van der Waals surface area contributed by atoms with Gasteiger partial charge in [-0.2, -0.15) is 0 Å². The van der Waals surface area contributed by atoms with Crippen LogP contribution < -0.4 is 0 Å². The highest BCUT2D eigenvalue weighted by Gasteiger charge is 2.39. The van der Waals surface area contributed by atoms with Gasteiger partial charge in [0, 0.05) is 0 Å². The molecule has 0 aromatic carbocycles. The molecule has 3 heteroatoms. The predicted octanol–water partition coefficient (Wildman–Crippen LogP) is 2.00. The first-order valence-electron chi connectivity index (χ1n) is 4.95. The molecule has 78 valence electrons. The smallest absolute Gasteiger partial charge is 0.195 e. The van der Waals surface area contributed by atoms with Crippen LogP contribution in [0.1, 0.15) is 19.8 Å². The molecule has 2 aliphatic heterocycles. The van der Waals surface area contributed by atoms with E-state index in [4.69, 9.17) is 14.2 Å². The maximum absolute atomic E-state index is 5.64. The highest BCUT2D eigenvalue weighted by atomic mass is 16.7.